The van der Waals surface area contributed by atoms with E-state index in [1.165, 1.54) is 0 Å². The van der Waals surface area contributed by atoms with Gasteiger partial charge in [0, 0.05) is 12.5 Å². The lowest BCUT2D eigenvalue weighted by Crippen LogP contribution is -2.31. The first-order valence-electron chi connectivity index (χ1n) is 6.72. The number of carbonyl (C=O) groups excluding carboxylic acids is 1. The highest BCUT2D eigenvalue weighted by Gasteiger charge is 2.19. The summed E-state index contributed by atoms with van der Waals surface area (Å²) in [5, 5.41) is 3.26. The van der Waals surface area contributed by atoms with Crippen LogP contribution < -0.4 is 11.1 Å². The molecule has 5 nitrogen and oxygen atoms in total. The van der Waals surface area contributed by atoms with E-state index >= 15 is 0 Å². The second-order valence-electron chi connectivity index (χ2n) is 6.33. The highest BCUT2D eigenvalue weighted by molar-refractivity contribution is 7.00. The van der Waals surface area contributed by atoms with Crippen molar-refractivity contribution in [1.82, 2.24) is 8.75 Å². The van der Waals surface area contributed by atoms with Gasteiger partial charge in [0.1, 0.15) is 11.0 Å². The molecular weight excluding hydrogens is 308 g/mol. The Kier molecular flexibility index (Phi) is 4.81. The first kappa shape index (κ1) is 16.1. The summed E-state index contributed by atoms with van der Waals surface area (Å²) in [4.78, 5) is 12.1. The van der Waals surface area contributed by atoms with Gasteiger partial charge in [-0.2, -0.15) is 8.75 Å². The van der Waals surface area contributed by atoms with Crippen LogP contribution in [0.15, 0.2) is 12.1 Å². The van der Waals surface area contributed by atoms with Crippen LogP contribution >= 0.6 is 23.3 Å². The number of rotatable bonds is 4. The quantitative estimate of drug-likeness (QED) is 0.901. The van der Waals surface area contributed by atoms with E-state index in [-0.39, 0.29) is 23.8 Å². The van der Waals surface area contributed by atoms with Crippen LogP contribution in [0.5, 0.6) is 0 Å². The summed E-state index contributed by atoms with van der Waals surface area (Å²) < 4.78 is 8.30. The Labute approximate surface area is 133 Å². The average Bonchev–Trinajstić information content (AvgIpc) is 2.78. The van der Waals surface area contributed by atoms with Crippen LogP contribution in [0.3, 0.4) is 0 Å². The molecule has 114 valence electrons. The third-order valence-electron chi connectivity index (χ3n) is 2.96. The first-order valence-corrected chi connectivity index (χ1v) is 7.83. The molecule has 21 heavy (non-hydrogen) atoms. The van der Waals surface area contributed by atoms with Crippen molar-refractivity contribution in [2.45, 2.75) is 39.7 Å². The largest absolute Gasteiger partial charge is 0.327 e. The van der Waals surface area contributed by atoms with Gasteiger partial charge in [-0.3, -0.25) is 4.79 Å². The van der Waals surface area contributed by atoms with E-state index < -0.39 is 0 Å². The molecule has 0 radical (unpaired) electrons. The molecule has 2 aromatic rings. The highest BCUT2D eigenvalue weighted by atomic mass is 35.5. The van der Waals surface area contributed by atoms with Crippen LogP contribution in [0.25, 0.3) is 11.0 Å². The molecule has 1 aromatic carbocycles. The maximum absolute atomic E-state index is 12.1. The van der Waals surface area contributed by atoms with Crippen LogP contribution in [0.1, 0.15) is 33.6 Å². The predicted molar refractivity (Wildman–Crippen MR) is 87.7 cm³/mol. The topological polar surface area (TPSA) is 80.9 Å². The van der Waals surface area contributed by atoms with Gasteiger partial charge < -0.3 is 11.1 Å². The van der Waals surface area contributed by atoms with Crippen molar-refractivity contribution in [2.24, 2.45) is 11.1 Å². The number of benzene rings is 1. The predicted octanol–water partition coefficient (Wildman–Crippen LogP) is 3.44. The zero-order valence-corrected chi connectivity index (χ0v) is 13.9. The molecule has 1 unspecified atom stereocenters. The second kappa shape index (κ2) is 6.25. The number of hydrogen-bond donors (Lipinski definition) is 2. The van der Waals surface area contributed by atoms with Gasteiger partial charge in [-0.05, 0) is 24.0 Å². The number of carbonyl (C=O) groups is 1. The maximum atomic E-state index is 12.1. The van der Waals surface area contributed by atoms with E-state index in [0.29, 0.717) is 16.2 Å². The van der Waals surface area contributed by atoms with Crippen molar-refractivity contribution in [2.75, 3.05) is 5.32 Å². The van der Waals surface area contributed by atoms with E-state index in [9.17, 15) is 4.79 Å². The number of nitrogens with zero attached hydrogens (tertiary/aromatic N) is 2. The normalized spacial score (nSPS) is 13.4. The van der Waals surface area contributed by atoms with E-state index in [0.717, 1.165) is 23.7 Å². The Hall–Kier alpha value is -1.24. The molecule has 3 N–H and O–H groups in total. The summed E-state index contributed by atoms with van der Waals surface area (Å²) in [7, 11) is 0. The summed E-state index contributed by atoms with van der Waals surface area (Å²) >= 11 is 7.23. The lowest BCUT2D eigenvalue weighted by atomic mass is 9.87. The van der Waals surface area contributed by atoms with Gasteiger partial charge in [0.05, 0.1) is 22.4 Å². The first-order chi connectivity index (χ1) is 9.76. The Morgan fingerprint density at radius 2 is 2.14 bits per heavy atom. The Balaban J connectivity index is 2.08. The van der Waals surface area contributed by atoms with Crippen LogP contribution in [0.4, 0.5) is 5.69 Å². The molecular formula is C14H19ClN4OS. The van der Waals surface area contributed by atoms with Gasteiger partial charge in [0.25, 0.3) is 0 Å². The minimum Gasteiger partial charge on any atom is -0.327 e. The molecule has 0 bridgehead atoms. The monoisotopic (exact) mass is 326 g/mol. The lowest BCUT2D eigenvalue weighted by molar-refractivity contribution is -0.116. The molecule has 0 spiro atoms. The van der Waals surface area contributed by atoms with E-state index in [4.69, 9.17) is 17.3 Å². The van der Waals surface area contributed by atoms with Crippen molar-refractivity contribution < 1.29 is 4.79 Å². The standard InChI is InChI=1S/C14H19ClN4OS/c1-14(2,3)7-8(16)6-11(20)17-12-9(15)4-5-10-13(12)19-21-18-10/h4-5,8H,6-7,16H2,1-3H3,(H,17,20). The highest BCUT2D eigenvalue weighted by Crippen LogP contribution is 2.30. The van der Waals surface area contributed by atoms with Crippen molar-refractivity contribution in [3.8, 4) is 0 Å². The number of hydrogen-bond acceptors (Lipinski definition) is 5. The fourth-order valence-corrected chi connectivity index (χ4v) is 2.98. The average molecular weight is 327 g/mol. The Morgan fingerprint density at radius 1 is 1.43 bits per heavy atom. The molecule has 0 saturated carbocycles. The molecule has 1 amide bonds. The molecule has 0 aliphatic rings. The summed E-state index contributed by atoms with van der Waals surface area (Å²) in [5.74, 6) is -0.158. The Bertz CT molecular complexity index is 650. The van der Waals surface area contributed by atoms with E-state index in [2.05, 4.69) is 34.8 Å². The van der Waals surface area contributed by atoms with Crippen molar-refractivity contribution in [1.29, 1.82) is 0 Å². The van der Waals surface area contributed by atoms with E-state index in [1.54, 1.807) is 12.1 Å². The number of nitrogens with one attached hydrogen (secondary N) is 1. The zero-order chi connectivity index (χ0) is 15.6. The maximum Gasteiger partial charge on any atom is 0.226 e. The fourth-order valence-electron chi connectivity index (χ4n) is 2.23. The molecule has 2 rings (SSSR count). The summed E-state index contributed by atoms with van der Waals surface area (Å²) in [5.41, 5.74) is 7.97. The minimum absolute atomic E-state index is 0.0934. The minimum atomic E-state index is -0.184. The fraction of sp³-hybridized carbons (Fsp3) is 0.500. The second-order valence-corrected chi connectivity index (χ2v) is 7.27. The third kappa shape index (κ3) is 4.36. The van der Waals surface area contributed by atoms with Gasteiger partial charge in [-0.1, -0.05) is 32.4 Å². The van der Waals surface area contributed by atoms with Crippen LogP contribution in [0.2, 0.25) is 5.02 Å². The van der Waals surface area contributed by atoms with Gasteiger partial charge in [-0.15, -0.1) is 0 Å². The van der Waals surface area contributed by atoms with Crippen molar-refractivity contribution in [3.05, 3.63) is 17.2 Å². The molecule has 0 aliphatic heterocycles. The molecule has 0 saturated heterocycles. The van der Waals surface area contributed by atoms with Gasteiger partial charge in [-0.25, -0.2) is 0 Å². The molecule has 0 fully saturated rings. The SMILES string of the molecule is CC(C)(C)CC(N)CC(=O)Nc1c(Cl)ccc2nsnc12. The van der Waals surface area contributed by atoms with Gasteiger partial charge in [0.15, 0.2) is 0 Å². The zero-order valence-electron chi connectivity index (χ0n) is 12.3. The third-order valence-corrected chi connectivity index (χ3v) is 3.82. The number of aromatic nitrogens is 2. The van der Waals surface area contributed by atoms with Crippen molar-refractivity contribution in [3.63, 3.8) is 0 Å². The summed E-state index contributed by atoms with van der Waals surface area (Å²) in [6.45, 7) is 6.30. The van der Waals surface area contributed by atoms with Crippen LogP contribution in [-0.2, 0) is 4.79 Å². The van der Waals surface area contributed by atoms with E-state index in [1.807, 2.05) is 0 Å². The number of nitrogens with two attached hydrogens (primary N) is 1. The molecule has 1 aromatic heterocycles. The van der Waals surface area contributed by atoms with Crippen molar-refractivity contribution >= 4 is 46.0 Å². The smallest absolute Gasteiger partial charge is 0.226 e. The van der Waals surface area contributed by atoms with Gasteiger partial charge in [0.2, 0.25) is 5.91 Å². The summed E-state index contributed by atoms with van der Waals surface area (Å²) in [6, 6.07) is 3.30. The number of amides is 1. The number of anilines is 1. The van der Waals surface area contributed by atoms with Gasteiger partial charge >= 0.3 is 0 Å². The number of halogens is 1. The lowest BCUT2D eigenvalue weighted by Gasteiger charge is -2.22. The van der Waals surface area contributed by atoms with Crippen LogP contribution in [-0.4, -0.2) is 20.7 Å². The molecule has 1 heterocycles. The summed E-state index contributed by atoms with van der Waals surface area (Å²) in [6.07, 6.45) is 1.03. The molecule has 0 aliphatic carbocycles. The number of fused-ring (bicyclic) bond motifs is 1. The Morgan fingerprint density at radius 3 is 2.81 bits per heavy atom. The molecule has 7 heteroatoms. The van der Waals surface area contributed by atoms with Crippen LogP contribution in [0, 0.1) is 5.41 Å². The molecule has 1 atom stereocenters.